The fourth-order valence-corrected chi connectivity index (χ4v) is 3.50. The Kier molecular flexibility index (Phi) is 7.34. The van der Waals surface area contributed by atoms with E-state index in [0.29, 0.717) is 12.1 Å². The summed E-state index contributed by atoms with van der Waals surface area (Å²) in [4.78, 5) is 13.4. The van der Waals surface area contributed by atoms with Crippen LogP contribution in [-0.2, 0) is 5.75 Å². The number of nitrogens with zero attached hydrogens (tertiary/aromatic N) is 1. The third-order valence-electron chi connectivity index (χ3n) is 3.70. The van der Waals surface area contributed by atoms with Crippen LogP contribution < -0.4 is 10.6 Å². The van der Waals surface area contributed by atoms with E-state index in [2.05, 4.69) is 22.7 Å². The van der Waals surface area contributed by atoms with Crippen molar-refractivity contribution < 1.29 is 9.32 Å². The van der Waals surface area contributed by atoms with E-state index >= 15 is 0 Å². The molecule has 0 radical (unpaired) electrons. The monoisotopic (exact) mass is 347 g/mol. The molecule has 0 unspecified atom stereocenters. The number of carbonyl (C=O) groups excluding carboxylic acids is 1. The van der Waals surface area contributed by atoms with Crippen molar-refractivity contribution in [1.29, 1.82) is 0 Å². The van der Waals surface area contributed by atoms with Crippen LogP contribution in [0.15, 0.2) is 33.7 Å². The van der Waals surface area contributed by atoms with Crippen LogP contribution in [0.1, 0.15) is 40.7 Å². The van der Waals surface area contributed by atoms with Gasteiger partial charge in [0.1, 0.15) is 5.76 Å². The molecule has 1 heterocycles. The highest BCUT2D eigenvalue weighted by Crippen LogP contribution is 2.28. The molecule has 0 saturated heterocycles. The first-order valence-electron chi connectivity index (χ1n) is 8.26. The maximum atomic E-state index is 12.4. The first kappa shape index (κ1) is 18.5. The van der Waals surface area contributed by atoms with Crippen LogP contribution in [0.3, 0.4) is 0 Å². The first-order chi connectivity index (χ1) is 11.6. The molecule has 2 N–H and O–H groups in total. The maximum Gasteiger partial charge on any atom is 0.252 e. The van der Waals surface area contributed by atoms with Gasteiger partial charge in [-0.25, -0.2) is 0 Å². The Bertz CT molecular complexity index is 651. The standard InChI is InChI=1S/C18H25N3O2S/c1-4-9-19-10-11-20-18(22)15-7-5-6-8-17(15)24-12-16-13(2)21-23-14(16)3/h5-8,19H,4,9-12H2,1-3H3,(H,20,22). The Morgan fingerprint density at radius 3 is 2.71 bits per heavy atom. The molecular weight excluding hydrogens is 322 g/mol. The number of amides is 1. The summed E-state index contributed by atoms with van der Waals surface area (Å²) in [7, 11) is 0. The van der Waals surface area contributed by atoms with Crippen molar-refractivity contribution in [2.75, 3.05) is 19.6 Å². The molecular formula is C18H25N3O2S. The number of hydrogen-bond donors (Lipinski definition) is 2. The van der Waals surface area contributed by atoms with E-state index in [1.807, 2.05) is 38.1 Å². The molecule has 2 aromatic rings. The summed E-state index contributed by atoms with van der Waals surface area (Å²) in [6.07, 6.45) is 1.09. The predicted octanol–water partition coefficient (Wildman–Crippen LogP) is 3.31. The van der Waals surface area contributed by atoms with E-state index < -0.39 is 0 Å². The summed E-state index contributed by atoms with van der Waals surface area (Å²) in [6.45, 7) is 8.36. The Labute approximate surface area is 147 Å². The van der Waals surface area contributed by atoms with Crippen molar-refractivity contribution in [2.45, 2.75) is 37.8 Å². The molecule has 24 heavy (non-hydrogen) atoms. The van der Waals surface area contributed by atoms with Gasteiger partial charge in [0.2, 0.25) is 0 Å². The number of nitrogens with one attached hydrogen (secondary N) is 2. The molecule has 1 amide bonds. The zero-order valence-corrected chi connectivity index (χ0v) is 15.3. The number of carbonyl (C=O) groups is 1. The fraction of sp³-hybridized carbons (Fsp3) is 0.444. The van der Waals surface area contributed by atoms with Gasteiger partial charge >= 0.3 is 0 Å². The highest BCUT2D eigenvalue weighted by atomic mass is 32.2. The second-order valence-electron chi connectivity index (χ2n) is 5.59. The number of hydrogen-bond acceptors (Lipinski definition) is 5. The lowest BCUT2D eigenvalue weighted by Crippen LogP contribution is -2.32. The van der Waals surface area contributed by atoms with Gasteiger partial charge < -0.3 is 15.2 Å². The van der Waals surface area contributed by atoms with Crippen molar-refractivity contribution >= 4 is 17.7 Å². The second-order valence-corrected chi connectivity index (χ2v) is 6.61. The minimum Gasteiger partial charge on any atom is -0.361 e. The lowest BCUT2D eigenvalue weighted by Gasteiger charge is -2.10. The molecule has 0 atom stereocenters. The van der Waals surface area contributed by atoms with Crippen molar-refractivity contribution in [2.24, 2.45) is 0 Å². The van der Waals surface area contributed by atoms with Gasteiger partial charge in [-0.3, -0.25) is 4.79 Å². The molecule has 0 saturated carbocycles. The van der Waals surface area contributed by atoms with Gasteiger partial charge in [0, 0.05) is 29.3 Å². The summed E-state index contributed by atoms with van der Waals surface area (Å²) in [5, 5.41) is 10.2. The Morgan fingerprint density at radius 1 is 1.21 bits per heavy atom. The molecule has 1 aromatic carbocycles. The number of rotatable bonds is 9. The van der Waals surface area contributed by atoms with Gasteiger partial charge in [0.15, 0.2) is 0 Å². The van der Waals surface area contributed by atoms with Crippen LogP contribution in [0, 0.1) is 13.8 Å². The van der Waals surface area contributed by atoms with Gasteiger partial charge in [-0.2, -0.15) is 0 Å². The molecule has 0 fully saturated rings. The normalized spacial score (nSPS) is 10.8. The SMILES string of the molecule is CCCNCCNC(=O)c1ccccc1SCc1c(C)noc1C. The molecule has 130 valence electrons. The highest BCUT2D eigenvalue weighted by Gasteiger charge is 2.14. The number of benzene rings is 1. The second kappa shape index (κ2) is 9.49. The molecule has 0 aliphatic heterocycles. The third-order valence-corrected chi connectivity index (χ3v) is 4.80. The van der Waals surface area contributed by atoms with E-state index in [9.17, 15) is 4.79 Å². The molecule has 0 aliphatic carbocycles. The molecule has 1 aromatic heterocycles. The molecule has 2 rings (SSSR count). The molecule has 0 aliphatic rings. The largest absolute Gasteiger partial charge is 0.361 e. The van der Waals surface area contributed by atoms with Crippen LogP contribution in [0.5, 0.6) is 0 Å². The average molecular weight is 347 g/mol. The van der Waals surface area contributed by atoms with Crippen molar-refractivity contribution in [3.63, 3.8) is 0 Å². The van der Waals surface area contributed by atoms with E-state index in [4.69, 9.17) is 4.52 Å². The minimum absolute atomic E-state index is 0.0323. The average Bonchev–Trinajstić information content (AvgIpc) is 2.91. The highest BCUT2D eigenvalue weighted by molar-refractivity contribution is 7.98. The maximum absolute atomic E-state index is 12.4. The van der Waals surface area contributed by atoms with Crippen LogP contribution in [0.25, 0.3) is 0 Å². The van der Waals surface area contributed by atoms with E-state index in [1.165, 1.54) is 0 Å². The van der Waals surface area contributed by atoms with Crippen LogP contribution in [0.4, 0.5) is 0 Å². The van der Waals surface area contributed by atoms with Gasteiger partial charge in [-0.15, -0.1) is 11.8 Å². The quantitative estimate of drug-likeness (QED) is 0.538. The molecule has 5 nitrogen and oxygen atoms in total. The Morgan fingerprint density at radius 2 is 2.00 bits per heavy atom. The smallest absolute Gasteiger partial charge is 0.252 e. The Hall–Kier alpha value is -1.79. The van der Waals surface area contributed by atoms with Crippen LogP contribution in [-0.4, -0.2) is 30.7 Å². The minimum atomic E-state index is -0.0323. The summed E-state index contributed by atoms with van der Waals surface area (Å²) in [5.74, 6) is 1.54. The summed E-state index contributed by atoms with van der Waals surface area (Å²) >= 11 is 1.63. The first-order valence-corrected chi connectivity index (χ1v) is 9.24. The lowest BCUT2D eigenvalue weighted by atomic mass is 10.2. The van der Waals surface area contributed by atoms with Gasteiger partial charge in [-0.1, -0.05) is 24.2 Å². The number of aromatic nitrogens is 1. The van der Waals surface area contributed by atoms with E-state index in [0.717, 1.165) is 47.2 Å². The Balaban J connectivity index is 1.95. The van der Waals surface area contributed by atoms with Crippen LogP contribution in [0.2, 0.25) is 0 Å². The van der Waals surface area contributed by atoms with E-state index in [1.54, 1.807) is 11.8 Å². The molecule has 0 spiro atoms. The molecule has 6 heteroatoms. The van der Waals surface area contributed by atoms with Gasteiger partial charge in [0.25, 0.3) is 5.91 Å². The van der Waals surface area contributed by atoms with Crippen molar-refractivity contribution in [3.05, 3.63) is 46.8 Å². The zero-order chi connectivity index (χ0) is 17.4. The van der Waals surface area contributed by atoms with Crippen molar-refractivity contribution in [3.8, 4) is 0 Å². The predicted molar refractivity (Wildman–Crippen MR) is 97.5 cm³/mol. The molecule has 0 bridgehead atoms. The fourth-order valence-electron chi connectivity index (χ4n) is 2.30. The number of aryl methyl sites for hydroxylation is 2. The lowest BCUT2D eigenvalue weighted by molar-refractivity contribution is 0.0951. The van der Waals surface area contributed by atoms with E-state index in [-0.39, 0.29) is 5.91 Å². The van der Waals surface area contributed by atoms with Gasteiger partial charge in [-0.05, 0) is 38.9 Å². The summed E-state index contributed by atoms with van der Waals surface area (Å²) < 4.78 is 5.20. The zero-order valence-electron chi connectivity index (χ0n) is 14.5. The van der Waals surface area contributed by atoms with Crippen molar-refractivity contribution in [1.82, 2.24) is 15.8 Å². The summed E-state index contributed by atoms with van der Waals surface area (Å²) in [6, 6.07) is 7.69. The van der Waals surface area contributed by atoms with Crippen LogP contribution >= 0.6 is 11.8 Å². The third kappa shape index (κ3) is 5.11. The topological polar surface area (TPSA) is 67.2 Å². The summed E-state index contributed by atoms with van der Waals surface area (Å²) in [5.41, 5.74) is 2.72. The van der Waals surface area contributed by atoms with Gasteiger partial charge in [0.05, 0.1) is 11.3 Å². The number of thioether (sulfide) groups is 1.